The minimum absolute atomic E-state index is 0. The normalized spacial score (nSPS) is 22.4. The van der Waals surface area contributed by atoms with Crippen LogP contribution in [-0.2, 0) is 16.1 Å². The average molecular weight is 629 g/mol. The summed E-state index contributed by atoms with van der Waals surface area (Å²) in [6.45, 7) is 6.13. The number of halogens is 2. The highest BCUT2D eigenvalue weighted by Crippen LogP contribution is 2.44. The molecule has 0 radical (unpaired) electrons. The van der Waals surface area contributed by atoms with E-state index in [1.807, 2.05) is 18.2 Å². The molecule has 3 saturated heterocycles. The molecule has 6 rings (SSSR count). The maximum absolute atomic E-state index is 13.3. The molecule has 0 spiro atoms. The summed E-state index contributed by atoms with van der Waals surface area (Å²) in [5.41, 5.74) is 4.84. The van der Waals surface area contributed by atoms with Crippen LogP contribution in [0.4, 0.5) is 0 Å². The van der Waals surface area contributed by atoms with Gasteiger partial charge in [0.15, 0.2) is 0 Å². The number of rotatable bonds is 11. The Labute approximate surface area is 267 Å². The summed E-state index contributed by atoms with van der Waals surface area (Å²) in [6, 6.07) is 27.7. The van der Waals surface area contributed by atoms with Gasteiger partial charge in [-0.3, -0.25) is 14.5 Å². The molecular formula is C34H43Cl2N3O4. The van der Waals surface area contributed by atoms with Crippen molar-refractivity contribution in [3.63, 3.8) is 0 Å². The molecule has 43 heavy (non-hydrogen) atoms. The molecule has 3 fully saturated rings. The number of carbonyl (C=O) groups excluding carboxylic acids is 1. The first-order valence-electron chi connectivity index (χ1n) is 14.6. The van der Waals surface area contributed by atoms with Crippen molar-refractivity contribution in [2.24, 2.45) is 11.8 Å². The van der Waals surface area contributed by atoms with E-state index in [2.05, 4.69) is 90.0 Å². The van der Waals surface area contributed by atoms with E-state index in [-0.39, 0.29) is 67.1 Å². The minimum atomic E-state index is -1.03. The third kappa shape index (κ3) is 7.71. The Bertz CT molecular complexity index is 1300. The SMILES string of the molecule is COc1ccc(C(C)C)cc1CN[C@H]1[C@H]2CCN(C[C@@H]2C(=O)NCC(=O)O)[C@@H]1C(c1ccccc1)c1ccccc1.Cl.Cl. The van der Waals surface area contributed by atoms with Gasteiger partial charge in [-0.25, -0.2) is 0 Å². The molecule has 232 valence electrons. The van der Waals surface area contributed by atoms with Crippen molar-refractivity contribution in [1.29, 1.82) is 0 Å². The van der Waals surface area contributed by atoms with Crippen molar-refractivity contribution in [2.75, 3.05) is 26.7 Å². The third-order valence-electron chi connectivity index (χ3n) is 8.86. The van der Waals surface area contributed by atoms with Gasteiger partial charge >= 0.3 is 5.97 Å². The molecule has 3 aliphatic rings. The number of methoxy groups -OCH3 is 1. The van der Waals surface area contributed by atoms with Crippen LogP contribution in [0, 0.1) is 11.8 Å². The van der Waals surface area contributed by atoms with E-state index in [1.54, 1.807) is 7.11 Å². The second kappa shape index (κ2) is 15.6. The number of fused-ring (bicyclic) bond motifs is 3. The van der Waals surface area contributed by atoms with Gasteiger partial charge in [-0.05, 0) is 47.6 Å². The van der Waals surface area contributed by atoms with E-state index in [0.717, 1.165) is 24.3 Å². The number of nitrogens with zero attached hydrogens (tertiary/aromatic N) is 1. The Balaban J connectivity index is 0.00000253. The smallest absolute Gasteiger partial charge is 0.322 e. The second-order valence-electron chi connectivity index (χ2n) is 11.6. The lowest BCUT2D eigenvalue weighted by atomic mass is 9.66. The number of carbonyl (C=O) groups is 2. The fourth-order valence-electron chi connectivity index (χ4n) is 6.87. The first-order chi connectivity index (χ1) is 19.9. The molecule has 0 aromatic heterocycles. The molecule has 7 nitrogen and oxygen atoms in total. The summed E-state index contributed by atoms with van der Waals surface area (Å²) < 4.78 is 5.74. The van der Waals surface area contributed by atoms with Crippen LogP contribution in [0.5, 0.6) is 5.75 Å². The van der Waals surface area contributed by atoms with Crippen molar-refractivity contribution < 1.29 is 19.4 Å². The lowest BCUT2D eigenvalue weighted by molar-refractivity contribution is -0.141. The largest absolute Gasteiger partial charge is 0.496 e. The van der Waals surface area contributed by atoms with Crippen molar-refractivity contribution in [2.45, 2.75) is 50.7 Å². The summed E-state index contributed by atoms with van der Waals surface area (Å²) in [5.74, 6) is -0.0870. The maximum Gasteiger partial charge on any atom is 0.322 e. The van der Waals surface area contributed by atoms with E-state index < -0.39 is 5.97 Å². The quantitative estimate of drug-likeness (QED) is 0.261. The van der Waals surface area contributed by atoms with Crippen LogP contribution >= 0.6 is 24.8 Å². The van der Waals surface area contributed by atoms with Crippen LogP contribution < -0.4 is 15.4 Å². The molecule has 1 amide bonds. The molecular weight excluding hydrogens is 585 g/mol. The average Bonchev–Trinajstić information content (AvgIpc) is 3.00. The van der Waals surface area contributed by atoms with E-state index in [1.165, 1.54) is 16.7 Å². The van der Waals surface area contributed by atoms with Gasteiger partial charge in [-0.1, -0.05) is 86.6 Å². The fraction of sp³-hybridized carbons (Fsp3) is 0.412. The van der Waals surface area contributed by atoms with Crippen LogP contribution in [0.1, 0.15) is 54.4 Å². The Hall–Kier alpha value is -3.10. The minimum Gasteiger partial charge on any atom is -0.496 e. The summed E-state index contributed by atoms with van der Waals surface area (Å²) in [7, 11) is 1.70. The Kier molecular flexibility index (Phi) is 12.5. The molecule has 5 atom stereocenters. The molecule has 0 aliphatic carbocycles. The van der Waals surface area contributed by atoms with Crippen LogP contribution in [0.2, 0.25) is 0 Å². The topological polar surface area (TPSA) is 90.9 Å². The Morgan fingerprint density at radius 3 is 2.14 bits per heavy atom. The second-order valence-corrected chi connectivity index (χ2v) is 11.6. The number of benzene rings is 3. The van der Waals surface area contributed by atoms with Gasteiger partial charge in [-0.15, -0.1) is 24.8 Å². The summed E-state index contributed by atoms with van der Waals surface area (Å²) >= 11 is 0. The zero-order valence-electron chi connectivity index (χ0n) is 24.9. The van der Waals surface area contributed by atoms with Gasteiger partial charge < -0.3 is 20.5 Å². The van der Waals surface area contributed by atoms with Crippen LogP contribution in [0.15, 0.2) is 78.9 Å². The number of carboxylic acid groups (broad SMARTS) is 1. The highest BCUT2D eigenvalue weighted by molar-refractivity contribution is 5.85. The van der Waals surface area contributed by atoms with Gasteiger partial charge in [0, 0.05) is 36.7 Å². The number of carboxylic acids is 1. The van der Waals surface area contributed by atoms with Gasteiger partial charge in [-0.2, -0.15) is 0 Å². The van der Waals surface area contributed by atoms with Crippen LogP contribution in [0.3, 0.4) is 0 Å². The van der Waals surface area contributed by atoms with Crippen LogP contribution in [0.25, 0.3) is 0 Å². The first kappa shape index (κ1) is 34.4. The zero-order valence-corrected chi connectivity index (χ0v) is 26.6. The number of piperidine rings is 3. The monoisotopic (exact) mass is 627 g/mol. The third-order valence-corrected chi connectivity index (χ3v) is 8.86. The molecule has 0 saturated carbocycles. The number of aliphatic carboxylic acids is 1. The fourth-order valence-corrected chi connectivity index (χ4v) is 6.87. The zero-order chi connectivity index (χ0) is 28.9. The predicted molar refractivity (Wildman–Crippen MR) is 175 cm³/mol. The van der Waals surface area contributed by atoms with Crippen molar-refractivity contribution in [3.8, 4) is 5.75 Å². The molecule has 3 aliphatic heterocycles. The molecule has 1 unspecified atom stereocenters. The van der Waals surface area contributed by atoms with Gasteiger partial charge in [0.25, 0.3) is 0 Å². The van der Waals surface area contributed by atoms with E-state index in [4.69, 9.17) is 4.74 Å². The lowest BCUT2D eigenvalue weighted by Crippen LogP contribution is -2.69. The van der Waals surface area contributed by atoms with Crippen molar-refractivity contribution in [1.82, 2.24) is 15.5 Å². The summed E-state index contributed by atoms with van der Waals surface area (Å²) in [5, 5.41) is 15.8. The number of amides is 1. The molecule has 3 aromatic rings. The number of hydrogen-bond donors (Lipinski definition) is 3. The Morgan fingerprint density at radius 1 is 0.953 bits per heavy atom. The molecule has 3 heterocycles. The van der Waals surface area contributed by atoms with E-state index >= 15 is 0 Å². The molecule has 9 heteroatoms. The summed E-state index contributed by atoms with van der Waals surface area (Å²) in [4.78, 5) is 27.0. The standard InChI is InChI=1S/C34H41N3O4.2ClH/c1-22(2)25-14-15-29(41-3)26(18-25)19-35-32-27-16-17-37(21-28(27)34(40)36-20-30(38)39)33(32)31(23-10-6-4-7-11-23)24-12-8-5-9-13-24;;/h4-15,18,22,27-28,31-33,35H,16-17,19-21H2,1-3H3,(H,36,40)(H,38,39);2*1H/t27-,28-,32-,33+;;/m0../s1. The molecule has 3 N–H and O–H groups in total. The molecule has 3 aromatic carbocycles. The number of ether oxygens (including phenoxy) is 1. The van der Waals surface area contributed by atoms with E-state index in [0.29, 0.717) is 19.0 Å². The summed E-state index contributed by atoms with van der Waals surface area (Å²) in [6.07, 6.45) is 0.874. The lowest BCUT2D eigenvalue weighted by Gasteiger charge is -2.56. The predicted octanol–water partition coefficient (Wildman–Crippen LogP) is 5.47. The maximum atomic E-state index is 13.3. The van der Waals surface area contributed by atoms with Gasteiger partial charge in [0.2, 0.25) is 5.91 Å². The van der Waals surface area contributed by atoms with E-state index in [9.17, 15) is 14.7 Å². The highest BCUT2D eigenvalue weighted by atomic mass is 35.5. The number of nitrogens with one attached hydrogen (secondary N) is 2. The number of hydrogen-bond acceptors (Lipinski definition) is 5. The van der Waals surface area contributed by atoms with Gasteiger partial charge in [0.1, 0.15) is 12.3 Å². The highest BCUT2D eigenvalue weighted by Gasteiger charge is 2.52. The Morgan fingerprint density at radius 2 is 1.58 bits per heavy atom. The van der Waals surface area contributed by atoms with Crippen molar-refractivity contribution in [3.05, 3.63) is 101 Å². The first-order valence-corrected chi connectivity index (χ1v) is 14.6. The van der Waals surface area contributed by atoms with Crippen molar-refractivity contribution >= 4 is 36.7 Å². The van der Waals surface area contributed by atoms with Gasteiger partial charge in [0.05, 0.1) is 13.0 Å². The van der Waals surface area contributed by atoms with Crippen LogP contribution in [-0.4, -0.2) is 60.7 Å². The molecule has 2 bridgehead atoms.